The number of fused-ring (bicyclic) bond motifs is 1. The minimum atomic E-state index is -3.72. The van der Waals surface area contributed by atoms with Crippen LogP contribution >= 0.6 is 11.6 Å². The van der Waals surface area contributed by atoms with Gasteiger partial charge < -0.3 is 9.80 Å². The van der Waals surface area contributed by atoms with Crippen molar-refractivity contribution in [1.29, 1.82) is 0 Å². The molecule has 6 nitrogen and oxygen atoms in total. The molecule has 0 atom stereocenters. The highest BCUT2D eigenvalue weighted by molar-refractivity contribution is 7.89. The van der Waals surface area contributed by atoms with E-state index in [1.807, 2.05) is 31.3 Å². The number of benzene rings is 2. The van der Waals surface area contributed by atoms with Gasteiger partial charge in [-0.1, -0.05) is 29.8 Å². The number of carbonyl (C=O) groups excluding carboxylic acids is 1. The SMILES string of the molecule is CC(C)NS(=O)(=O)c1ccc(Cl)c(C(=O)N2CCN(C)c3ccccc3C2)c1. The lowest BCUT2D eigenvalue weighted by Crippen LogP contribution is -2.35. The quantitative estimate of drug-likeness (QED) is 0.823. The normalized spacial score (nSPS) is 14.8. The highest BCUT2D eigenvalue weighted by Gasteiger charge is 2.25. The fourth-order valence-corrected chi connectivity index (χ4v) is 4.73. The van der Waals surface area contributed by atoms with E-state index in [0.29, 0.717) is 19.6 Å². The molecule has 2 aromatic rings. The maximum atomic E-state index is 13.2. The summed E-state index contributed by atoms with van der Waals surface area (Å²) in [4.78, 5) is 17.0. The Bertz CT molecular complexity index is 992. The Labute approximate surface area is 171 Å². The molecule has 0 fully saturated rings. The fraction of sp³-hybridized carbons (Fsp3) is 0.350. The van der Waals surface area contributed by atoms with Gasteiger partial charge in [0, 0.05) is 38.4 Å². The summed E-state index contributed by atoms with van der Waals surface area (Å²) in [7, 11) is -1.72. The van der Waals surface area contributed by atoms with E-state index in [4.69, 9.17) is 11.6 Å². The van der Waals surface area contributed by atoms with Gasteiger partial charge in [-0.2, -0.15) is 0 Å². The van der Waals surface area contributed by atoms with Crippen LogP contribution in [0.2, 0.25) is 5.02 Å². The second kappa shape index (κ2) is 8.11. The second-order valence-electron chi connectivity index (χ2n) is 7.19. The molecule has 1 amide bonds. The number of nitrogens with zero attached hydrogens (tertiary/aromatic N) is 2. The van der Waals surface area contributed by atoms with E-state index in [1.54, 1.807) is 18.7 Å². The minimum absolute atomic E-state index is 0.0290. The number of carbonyl (C=O) groups is 1. The Kier molecular flexibility index (Phi) is 5.98. The summed E-state index contributed by atoms with van der Waals surface area (Å²) in [6.45, 7) is 5.11. The molecule has 0 saturated carbocycles. The monoisotopic (exact) mass is 421 g/mol. The van der Waals surface area contributed by atoms with Gasteiger partial charge in [0.2, 0.25) is 10.0 Å². The van der Waals surface area contributed by atoms with Crippen LogP contribution in [0.25, 0.3) is 0 Å². The summed E-state index contributed by atoms with van der Waals surface area (Å²) in [5.41, 5.74) is 2.31. The molecule has 0 bridgehead atoms. The van der Waals surface area contributed by atoms with Gasteiger partial charge in [0.15, 0.2) is 0 Å². The Morgan fingerprint density at radius 2 is 1.86 bits per heavy atom. The Balaban J connectivity index is 1.94. The number of anilines is 1. The first kappa shape index (κ1) is 20.6. The van der Waals surface area contributed by atoms with Crippen molar-refractivity contribution in [3.05, 3.63) is 58.6 Å². The van der Waals surface area contributed by atoms with Crippen LogP contribution in [-0.4, -0.2) is 45.4 Å². The summed E-state index contributed by atoms with van der Waals surface area (Å²) < 4.78 is 27.5. The first-order valence-corrected chi connectivity index (χ1v) is 11.0. The molecule has 28 heavy (non-hydrogen) atoms. The number of amides is 1. The molecule has 0 saturated heterocycles. The van der Waals surface area contributed by atoms with Crippen molar-refractivity contribution in [3.63, 3.8) is 0 Å². The summed E-state index contributed by atoms with van der Waals surface area (Å²) >= 11 is 6.26. The average molecular weight is 422 g/mol. The maximum Gasteiger partial charge on any atom is 0.255 e. The van der Waals surface area contributed by atoms with E-state index in [2.05, 4.69) is 9.62 Å². The van der Waals surface area contributed by atoms with Crippen molar-refractivity contribution < 1.29 is 13.2 Å². The van der Waals surface area contributed by atoms with Crippen molar-refractivity contribution in [2.75, 3.05) is 25.0 Å². The number of hydrogen-bond donors (Lipinski definition) is 1. The molecule has 1 aliphatic rings. The van der Waals surface area contributed by atoms with Gasteiger partial charge in [-0.25, -0.2) is 13.1 Å². The second-order valence-corrected chi connectivity index (χ2v) is 9.32. The van der Waals surface area contributed by atoms with Crippen molar-refractivity contribution in [1.82, 2.24) is 9.62 Å². The summed E-state index contributed by atoms with van der Waals surface area (Å²) in [6.07, 6.45) is 0. The molecule has 0 spiro atoms. The number of rotatable bonds is 4. The van der Waals surface area contributed by atoms with Crippen LogP contribution in [-0.2, 0) is 16.6 Å². The van der Waals surface area contributed by atoms with Gasteiger partial charge in [-0.15, -0.1) is 0 Å². The van der Waals surface area contributed by atoms with Gasteiger partial charge in [0.1, 0.15) is 0 Å². The molecule has 0 aromatic heterocycles. The molecule has 1 aliphatic heterocycles. The lowest BCUT2D eigenvalue weighted by atomic mass is 10.1. The zero-order chi connectivity index (χ0) is 20.5. The molecule has 0 unspecified atom stereocenters. The van der Waals surface area contributed by atoms with Crippen LogP contribution in [0.1, 0.15) is 29.8 Å². The van der Waals surface area contributed by atoms with Crippen LogP contribution in [0, 0.1) is 0 Å². The van der Waals surface area contributed by atoms with E-state index in [-0.39, 0.29) is 27.4 Å². The highest BCUT2D eigenvalue weighted by atomic mass is 35.5. The number of halogens is 1. The van der Waals surface area contributed by atoms with Gasteiger partial charge in [-0.3, -0.25) is 4.79 Å². The Hall–Kier alpha value is -2.09. The largest absolute Gasteiger partial charge is 0.373 e. The molecule has 0 radical (unpaired) electrons. The lowest BCUT2D eigenvalue weighted by molar-refractivity contribution is 0.0751. The lowest BCUT2D eigenvalue weighted by Gasteiger charge is -2.22. The summed E-state index contributed by atoms with van der Waals surface area (Å²) in [5.74, 6) is -0.281. The summed E-state index contributed by atoms with van der Waals surface area (Å²) in [6, 6.07) is 11.9. The van der Waals surface area contributed by atoms with E-state index >= 15 is 0 Å². The Morgan fingerprint density at radius 1 is 1.14 bits per heavy atom. The molecule has 1 heterocycles. The third-order valence-corrected chi connectivity index (χ3v) is 6.61. The molecule has 2 aromatic carbocycles. The topological polar surface area (TPSA) is 69.7 Å². The van der Waals surface area contributed by atoms with E-state index in [9.17, 15) is 13.2 Å². The predicted molar refractivity (Wildman–Crippen MR) is 111 cm³/mol. The third-order valence-electron chi connectivity index (χ3n) is 4.63. The first-order chi connectivity index (χ1) is 13.2. The number of nitrogens with one attached hydrogen (secondary N) is 1. The molecular formula is C20H24ClN3O3S. The standard InChI is InChI=1S/C20H24ClN3O3S/c1-14(2)22-28(26,27)16-8-9-18(21)17(12-16)20(25)24-11-10-23(3)19-7-5-4-6-15(19)13-24/h4-9,12,14,22H,10-11,13H2,1-3H3. The minimum Gasteiger partial charge on any atom is -0.373 e. The number of para-hydroxylation sites is 1. The fourth-order valence-electron chi connectivity index (χ4n) is 3.25. The molecule has 0 aliphatic carbocycles. The van der Waals surface area contributed by atoms with Gasteiger partial charge in [0.25, 0.3) is 5.91 Å². The van der Waals surface area contributed by atoms with Crippen LogP contribution in [0.5, 0.6) is 0 Å². The smallest absolute Gasteiger partial charge is 0.255 e. The van der Waals surface area contributed by atoms with Crippen molar-refractivity contribution in [2.45, 2.75) is 31.3 Å². The first-order valence-electron chi connectivity index (χ1n) is 9.09. The van der Waals surface area contributed by atoms with Crippen LogP contribution in [0.15, 0.2) is 47.4 Å². The van der Waals surface area contributed by atoms with E-state index in [1.165, 1.54) is 18.2 Å². The zero-order valence-electron chi connectivity index (χ0n) is 16.1. The average Bonchev–Trinajstić information content (AvgIpc) is 2.80. The zero-order valence-corrected chi connectivity index (χ0v) is 17.7. The van der Waals surface area contributed by atoms with Crippen LogP contribution < -0.4 is 9.62 Å². The summed E-state index contributed by atoms with van der Waals surface area (Å²) in [5, 5.41) is 0.236. The maximum absolute atomic E-state index is 13.2. The molecule has 3 rings (SSSR count). The van der Waals surface area contributed by atoms with E-state index < -0.39 is 10.0 Å². The number of sulfonamides is 1. The van der Waals surface area contributed by atoms with E-state index in [0.717, 1.165) is 11.3 Å². The molecule has 8 heteroatoms. The third kappa shape index (κ3) is 4.32. The highest BCUT2D eigenvalue weighted by Crippen LogP contribution is 2.27. The number of likely N-dealkylation sites (N-methyl/N-ethyl adjacent to an activating group) is 1. The van der Waals surface area contributed by atoms with Gasteiger partial charge in [0.05, 0.1) is 15.5 Å². The molecular weight excluding hydrogens is 398 g/mol. The number of hydrogen-bond acceptors (Lipinski definition) is 4. The Morgan fingerprint density at radius 3 is 2.57 bits per heavy atom. The van der Waals surface area contributed by atoms with Crippen molar-refractivity contribution >= 4 is 33.2 Å². The van der Waals surface area contributed by atoms with Gasteiger partial charge in [-0.05, 0) is 43.7 Å². The van der Waals surface area contributed by atoms with Crippen LogP contribution in [0.4, 0.5) is 5.69 Å². The molecule has 1 N–H and O–H groups in total. The molecule has 150 valence electrons. The van der Waals surface area contributed by atoms with Crippen molar-refractivity contribution in [2.24, 2.45) is 0 Å². The van der Waals surface area contributed by atoms with Crippen LogP contribution in [0.3, 0.4) is 0 Å². The van der Waals surface area contributed by atoms with Crippen molar-refractivity contribution in [3.8, 4) is 0 Å². The van der Waals surface area contributed by atoms with Gasteiger partial charge >= 0.3 is 0 Å². The predicted octanol–water partition coefficient (Wildman–Crippen LogP) is 3.12.